The van der Waals surface area contributed by atoms with Gasteiger partial charge in [0.1, 0.15) is 16.1 Å². The van der Waals surface area contributed by atoms with E-state index < -0.39 is 4.92 Å². The first-order valence-corrected chi connectivity index (χ1v) is 5.68. The number of nitrogens with two attached hydrogens (primary N) is 1. The second-order valence-electron chi connectivity index (χ2n) is 4.16. The molecule has 19 heavy (non-hydrogen) atoms. The van der Waals surface area contributed by atoms with Crippen molar-refractivity contribution in [3.63, 3.8) is 0 Å². The molecule has 0 saturated heterocycles. The maximum atomic E-state index is 11.1. The van der Waals surface area contributed by atoms with Crippen molar-refractivity contribution in [1.82, 2.24) is 0 Å². The molecule has 1 aromatic heterocycles. The van der Waals surface area contributed by atoms with Gasteiger partial charge in [-0.2, -0.15) is 0 Å². The van der Waals surface area contributed by atoms with Gasteiger partial charge in [-0.05, 0) is 23.8 Å². The summed E-state index contributed by atoms with van der Waals surface area (Å²) in [4.78, 5) is 10.6. The third-order valence-electron chi connectivity index (χ3n) is 2.92. The number of anilines is 1. The molecule has 2 N–H and O–H groups in total. The summed E-state index contributed by atoms with van der Waals surface area (Å²) in [6.07, 6.45) is 0. The molecule has 1 heterocycles. The normalized spacial score (nSPS) is 10.7. The second kappa shape index (κ2) is 4.13. The predicted molar refractivity (Wildman–Crippen MR) is 72.7 cm³/mol. The van der Waals surface area contributed by atoms with Crippen molar-refractivity contribution in [3.05, 3.63) is 58.6 Å². The molecule has 0 atom stereocenters. The largest absolute Gasteiger partial charge is 0.442 e. The monoisotopic (exact) mass is 254 g/mol. The highest BCUT2D eigenvalue weighted by Crippen LogP contribution is 2.40. The zero-order valence-corrected chi connectivity index (χ0v) is 9.87. The van der Waals surface area contributed by atoms with Crippen LogP contribution in [0.15, 0.2) is 52.9 Å². The lowest BCUT2D eigenvalue weighted by Crippen LogP contribution is -1.88. The molecule has 3 aromatic rings. The summed E-state index contributed by atoms with van der Waals surface area (Å²) < 4.78 is 5.32. The van der Waals surface area contributed by atoms with Crippen molar-refractivity contribution in [2.75, 3.05) is 5.73 Å². The third kappa shape index (κ3) is 1.81. The summed E-state index contributed by atoms with van der Waals surface area (Å²) in [6.45, 7) is 0. The van der Waals surface area contributed by atoms with Gasteiger partial charge >= 0.3 is 5.88 Å². The Bertz CT molecular complexity index is 763. The summed E-state index contributed by atoms with van der Waals surface area (Å²) in [5.41, 5.74) is 7.95. The molecule has 0 saturated carbocycles. The van der Waals surface area contributed by atoms with E-state index in [1.807, 2.05) is 18.2 Å². The zero-order valence-electron chi connectivity index (χ0n) is 9.87. The highest BCUT2D eigenvalue weighted by atomic mass is 16.6. The highest BCUT2D eigenvalue weighted by molar-refractivity contribution is 5.99. The number of nitrogens with zero attached hydrogens (tertiary/aromatic N) is 1. The minimum Gasteiger partial charge on any atom is -0.400 e. The number of nitrogen functional groups attached to an aromatic ring is 1. The van der Waals surface area contributed by atoms with E-state index in [9.17, 15) is 10.1 Å². The van der Waals surface area contributed by atoms with E-state index in [0.717, 1.165) is 5.56 Å². The fourth-order valence-electron chi connectivity index (χ4n) is 2.11. The van der Waals surface area contributed by atoms with Crippen molar-refractivity contribution < 1.29 is 9.34 Å². The van der Waals surface area contributed by atoms with Crippen LogP contribution in [0.2, 0.25) is 0 Å². The SMILES string of the molecule is Nc1ccc2oc([N+](=O)[O-])c(-c3ccccc3)c2c1. The molecule has 0 aliphatic rings. The van der Waals surface area contributed by atoms with Gasteiger partial charge in [-0.25, -0.2) is 0 Å². The molecule has 2 aromatic carbocycles. The first-order valence-electron chi connectivity index (χ1n) is 5.68. The predicted octanol–water partition coefficient (Wildman–Crippen LogP) is 3.59. The van der Waals surface area contributed by atoms with Gasteiger partial charge in [-0.15, -0.1) is 0 Å². The molecule has 0 fully saturated rings. The zero-order chi connectivity index (χ0) is 13.4. The standard InChI is InChI=1S/C14H10N2O3/c15-10-6-7-12-11(8-10)13(14(19-12)16(17)18)9-4-2-1-3-5-9/h1-8H,15H2. The van der Waals surface area contributed by atoms with E-state index in [-0.39, 0.29) is 5.88 Å². The summed E-state index contributed by atoms with van der Waals surface area (Å²) >= 11 is 0. The Morgan fingerprint density at radius 1 is 1.11 bits per heavy atom. The molecule has 0 radical (unpaired) electrons. The van der Waals surface area contributed by atoms with E-state index in [4.69, 9.17) is 10.2 Å². The van der Waals surface area contributed by atoms with Crippen molar-refractivity contribution in [1.29, 1.82) is 0 Å². The quantitative estimate of drug-likeness (QED) is 0.430. The van der Waals surface area contributed by atoms with Gasteiger partial charge < -0.3 is 10.2 Å². The maximum Gasteiger partial charge on any atom is 0.442 e. The molecular formula is C14H10N2O3. The van der Waals surface area contributed by atoms with Crippen molar-refractivity contribution in [3.8, 4) is 11.1 Å². The van der Waals surface area contributed by atoms with Gasteiger partial charge in [0, 0.05) is 11.1 Å². The second-order valence-corrected chi connectivity index (χ2v) is 4.16. The highest BCUT2D eigenvalue weighted by Gasteiger charge is 2.25. The van der Waals surface area contributed by atoms with Crippen LogP contribution in [0, 0.1) is 10.1 Å². The molecule has 0 aliphatic carbocycles. The van der Waals surface area contributed by atoms with Crippen LogP contribution in [0.5, 0.6) is 0 Å². The Balaban J connectivity index is 2.40. The van der Waals surface area contributed by atoms with Crippen molar-refractivity contribution in [2.24, 2.45) is 0 Å². The average molecular weight is 254 g/mol. The number of hydrogen-bond donors (Lipinski definition) is 1. The molecule has 5 nitrogen and oxygen atoms in total. The lowest BCUT2D eigenvalue weighted by Gasteiger charge is -1.98. The number of hydrogen-bond acceptors (Lipinski definition) is 4. The van der Waals surface area contributed by atoms with Gasteiger partial charge in [0.2, 0.25) is 0 Å². The van der Waals surface area contributed by atoms with Crippen molar-refractivity contribution in [2.45, 2.75) is 0 Å². The molecule has 0 amide bonds. The number of furan rings is 1. The minimum absolute atomic E-state index is 0.258. The maximum absolute atomic E-state index is 11.1. The van der Waals surface area contributed by atoms with Gasteiger partial charge in [0.15, 0.2) is 0 Å². The average Bonchev–Trinajstić information content (AvgIpc) is 2.78. The van der Waals surface area contributed by atoms with E-state index in [0.29, 0.717) is 22.2 Å². The molecule has 0 aliphatic heterocycles. The molecule has 3 rings (SSSR count). The lowest BCUT2D eigenvalue weighted by atomic mass is 10.0. The van der Waals surface area contributed by atoms with Crippen LogP contribution in [0.4, 0.5) is 11.6 Å². The summed E-state index contributed by atoms with van der Waals surface area (Å²) in [7, 11) is 0. The van der Waals surface area contributed by atoms with E-state index >= 15 is 0 Å². The van der Waals surface area contributed by atoms with Crippen LogP contribution < -0.4 is 5.73 Å². The molecule has 5 heteroatoms. The summed E-state index contributed by atoms with van der Waals surface area (Å²) in [5.74, 6) is -0.258. The molecule has 0 spiro atoms. The van der Waals surface area contributed by atoms with Crippen molar-refractivity contribution >= 4 is 22.5 Å². The summed E-state index contributed by atoms with van der Waals surface area (Å²) in [5, 5.41) is 11.8. The number of nitro groups is 1. The minimum atomic E-state index is -0.515. The van der Waals surface area contributed by atoms with Gasteiger partial charge in [0.25, 0.3) is 0 Å². The van der Waals surface area contributed by atoms with Gasteiger partial charge in [-0.3, -0.25) is 10.1 Å². The Morgan fingerprint density at radius 3 is 2.53 bits per heavy atom. The fourth-order valence-corrected chi connectivity index (χ4v) is 2.11. The summed E-state index contributed by atoms with van der Waals surface area (Å²) in [6, 6.07) is 14.1. The Labute approximate surface area is 108 Å². The number of fused-ring (bicyclic) bond motifs is 1. The van der Waals surface area contributed by atoms with Crippen LogP contribution in [-0.4, -0.2) is 4.92 Å². The van der Waals surface area contributed by atoms with Crippen LogP contribution in [0.1, 0.15) is 0 Å². The van der Waals surface area contributed by atoms with Gasteiger partial charge in [-0.1, -0.05) is 30.3 Å². The molecule has 0 unspecified atom stereocenters. The number of benzene rings is 2. The van der Waals surface area contributed by atoms with Crippen LogP contribution in [0.3, 0.4) is 0 Å². The smallest absolute Gasteiger partial charge is 0.400 e. The Morgan fingerprint density at radius 2 is 1.84 bits per heavy atom. The van der Waals surface area contributed by atoms with Gasteiger partial charge in [0.05, 0.1) is 0 Å². The molecule has 0 bridgehead atoms. The lowest BCUT2D eigenvalue weighted by molar-refractivity contribution is -0.400. The topological polar surface area (TPSA) is 82.3 Å². The Kier molecular flexibility index (Phi) is 2.45. The van der Waals surface area contributed by atoms with Crippen LogP contribution in [-0.2, 0) is 0 Å². The Hall–Kier alpha value is -2.82. The fraction of sp³-hybridized carbons (Fsp3) is 0. The third-order valence-corrected chi connectivity index (χ3v) is 2.92. The van der Waals surface area contributed by atoms with Crippen LogP contribution in [0.25, 0.3) is 22.1 Å². The van der Waals surface area contributed by atoms with Crippen LogP contribution >= 0.6 is 0 Å². The van der Waals surface area contributed by atoms with E-state index in [2.05, 4.69) is 0 Å². The molecule has 94 valence electrons. The first-order chi connectivity index (χ1) is 9.16. The number of rotatable bonds is 2. The van der Waals surface area contributed by atoms with E-state index in [1.165, 1.54) is 0 Å². The molecular weight excluding hydrogens is 244 g/mol. The first kappa shape index (κ1) is 11.3. The van der Waals surface area contributed by atoms with E-state index in [1.54, 1.807) is 30.3 Å².